The summed E-state index contributed by atoms with van der Waals surface area (Å²) in [6.07, 6.45) is 5.13. The average molecular weight is 354 g/mol. The second-order valence-corrected chi connectivity index (χ2v) is 6.78. The highest BCUT2D eigenvalue weighted by Crippen LogP contribution is 2.22. The van der Waals surface area contributed by atoms with Gasteiger partial charge in [0.15, 0.2) is 10.8 Å². The highest BCUT2D eigenvalue weighted by Gasteiger charge is 2.23. The van der Waals surface area contributed by atoms with Crippen molar-refractivity contribution >= 4 is 22.4 Å². The molecule has 2 aromatic heterocycles. The Labute approximate surface area is 149 Å². The number of anilines is 1. The lowest BCUT2D eigenvalue weighted by Crippen LogP contribution is -2.44. The van der Waals surface area contributed by atoms with Gasteiger partial charge in [-0.15, -0.1) is 16.4 Å². The Hall–Kier alpha value is -2.74. The van der Waals surface area contributed by atoms with Crippen molar-refractivity contribution < 1.29 is 4.79 Å². The van der Waals surface area contributed by atoms with Crippen LogP contribution < -0.4 is 10.2 Å². The summed E-state index contributed by atoms with van der Waals surface area (Å²) in [7, 11) is 0. The van der Waals surface area contributed by atoms with E-state index in [1.54, 1.807) is 11.3 Å². The number of para-hydroxylation sites is 1. The van der Waals surface area contributed by atoms with Crippen LogP contribution in [-0.2, 0) is 0 Å². The maximum absolute atomic E-state index is 12.4. The van der Waals surface area contributed by atoms with Crippen molar-refractivity contribution in [3.63, 3.8) is 0 Å². The van der Waals surface area contributed by atoms with Crippen LogP contribution in [0.25, 0.3) is 5.69 Å². The van der Waals surface area contributed by atoms with E-state index < -0.39 is 0 Å². The lowest BCUT2D eigenvalue weighted by atomic mass is 10.1. The summed E-state index contributed by atoms with van der Waals surface area (Å²) >= 11 is 1.65. The summed E-state index contributed by atoms with van der Waals surface area (Å²) < 4.78 is 0. The first-order chi connectivity index (χ1) is 12.3. The van der Waals surface area contributed by atoms with E-state index in [1.165, 1.54) is 11.0 Å². The summed E-state index contributed by atoms with van der Waals surface area (Å²) in [6.45, 7) is 1.80. The van der Waals surface area contributed by atoms with Gasteiger partial charge in [-0.25, -0.2) is 4.98 Å². The van der Waals surface area contributed by atoms with Gasteiger partial charge in [0.05, 0.1) is 11.9 Å². The number of rotatable bonds is 4. The van der Waals surface area contributed by atoms with Crippen LogP contribution in [0.3, 0.4) is 0 Å². The van der Waals surface area contributed by atoms with E-state index in [9.17, 15) is 4.79 Å². The molecule has 3 heterocycles. The topological polar surface area (TPSA) is 75.9 Å². The second-order valence-electron chi connectivity index (χ2n) is 5.90. The van der Waals surface area contributed by atoms with Crippen LogP contribution >= 0.6 is 11.3 Å². The van der Waals surface area contributed by atoms with Gasteiger partial charge in [-0.05, 0) is 25.0 Å². The summed E-state index contributed by atoms with van der Waals surface area (Å²) in [4.78, 5) is 20.5. The van der Waals surface area contributed by atoms with Crippen molar-refractivity contribution in [3.05, 3.63) is 53.8 Å². The van der Waals surface area contributed by atoms with E-state index in [1.807, 2.05) is 41.9 Å². The molecule has 1 saturated heterocycles. The molecule has 0 unspecified atom stereocenters. The molecule has 8 heteroatoms. The fraction of sp³-hybridized carbons (Fsp3) is 0.294. The maximum Gasteiger partial charge on any atom is 0.273 e. The quantitative estimate of drug-likeness (QED) is 0.777. The Kier molecular flexibility index (Phi) is 4.43. The monoisotopic (exact) mass is 354 g/mol. The number of amides is 1. The molecule has 1 amide bonds. The normalized spacial score (nSPS) is 15.3. The summed E-state index contributed by atoms with van der Waals surface area (Å²) in [5, 5.41) is 14.6. The third-order valence-corrected chi connectivity index (χ3v) is 5.06. The van der Waals surface area contributed by atoms with Gasteiger partial charge in [-0.2, -0.15) is 9.90 Å². The highest BCUT2D eigenvalue weighted by molar-refractivity contribution is 7.13. The number of hydrogen-bond donors (Lipinski definition) is 1. The van der Waals surface area contributed by atoms with Gasteiger partial charge < -0.3 is 10.2 Å². The van der Waals surface area contributed by atoms with Crippen molar-refractivity contribution in [2.75, 3.05) is 18.0 Å². The zero-order valence-electron chi connectivity index (χ0n) is 13.6. The van der Waals surface area contributed by atoms with Crippen molar-refractivity contribution in [2.45, 2.75) is 18.9 Å². The Bertz CT molecular complexity index is 824. The molecule has 1 fully saturated rings. The number of carbonyl (C=O) groups excluding carboxylic acids is 1. The van der Waals surface area contributed by atoms with Crippen molar-refractivity contribution in [2.24, 2.45) is 0 Å². The average Bonchev–Trinajstić information content (AvgIpc) is 3.35. The molecule has 1 aromatic carbocycles. The predicted molar refractivity (Wildman–Crippen MR) is 96.2 cm³/mol. The Morgan fingerprint density at radius 2 is 2.00 bits per heavy atom. The van der Waals surface area contributed by atoms with Gasteiger partial charge in [0.25, 0.3) is 5.91 Å². The smallest absolute Gasteiger partial charge is 0.273 e. The number of piperidine rings is 1. The van der Waals surface area contributed by atoms with Crippen LogP contribution in [0.15, 0.2) is 48.1 Å². The van der Waals surface area contributed by atoms with Crippen molar-refractivity contribution in [3.8, 4) is 5.69 Å². The molecule has 128 valence electrons. The Morgan fingerprint density at radius 3 is 2.72 bits per heavy atom. The number of benzene rings is 1. The zero-order valence-corrected chi connectivity index (χ0v) is 14.4. The van der Waals surface area contributed by atoms with E-state index in [2.05, 4.69) is 25.4 Å². The number of nitrogens with zero attached hydrogens (tertiary/aromatic N) is 5. The molecule has 0 spiro atoms. The highest BCUT2D eigenvalue weighted by atomic mass is 32.1. The largest absolute Gasteiger partial charge is 0.348 e. The number of thiazole rings is 1. The molecule has 0 atom stereocenters. The Morgan fingerprint density at radius 1 is 1.20 bits per heavy atom. The maximum atomic E-state index is 12.4. The third-order valence-electron chi connectivity index (χ3n) is 4.23. The molecule has 3 aromatic rings. The fourth-order valence-electron chi connectivity index (χ4n) is 2.90. The van der Waals surface area contributed by atoms with Crippen LogP contribution in [0.2, 0.25) is 0 Å². The van der Waals surface area contributed by atoms with E-state index in [4.69, 9.17) is 0 Å². The fourth-order valence-corrected chi connectivity index (χ4v) is 3.60. The standard InChI is InChI=1S/C17H18N6OS/c24-16(15-12-19-23(21-15)14-4-2-1-3-5-14)20-13-6-9-22(10-7-13)17-18-8-11-25-17/h1-5,8,11-13H,6-7,9-10H2,(H,20,24). The predicted octanol–water partition coefficient (Wildman–Crippen LogP) is 2.12. The van der Waals surface area contributed by atoms with Gasteiger partial charge in [0.2, 0.25) is 0 Å². The molecule has 0 aliphatic carbocycles. The summed E-state index contributed by atoms with van der Waals surface area (Å²) in [5.41, 5.74) is 1.17. The molecular weight excluding hydrogens is 336 g/mol. The molecule has 0 saturated carbocycles. The minimum atomic E-state index is -0.171. The minimum absolute atomic E-state index is 0.158. The Balaban J connectivity index is 1.35. The molecule has 0 radical (unpaired) electrons. The second kappa shape index (κ2) is 7.02. The lowest BCUT2D eigenvalue weighted by molar-refractivity contribution is 0.0925. The minimum Gasteiger partial charge on any atom is -0.348 e. The van der Waals surface area contributed by atoms with Crippen LogP contribution in [0, 0.1) is 0 Å². The lowest BCUT2D eigenvalue weighted by Gasteiger charge is -2.31. The van der Waals surface area contributed by atoms with Gasteiger partial charge in [0, 0.05) is 30.7 Å². The molecule has 4 rings (SSSR count). The van der Waals surface area contributed by atoms with E-state index in [0.29, 0.717) is 5.69 Å². The first kappa shape index (κ1) is 15.8. The van der Waals surface area contributed by atoms with Gasteiger partial charge in [-0.1, -0.05) is 18.2 Å². The number of carbonyl (C=O) groups is 1. The number of hydrogen-bond acceptors (Lipinski definition) is 6. The van der Waals surface area contributed by atoms with Gasteiger partial charge in [0.1, 0.15) is 0 Å². The first-order valence-corrected chi connectivity index (χ1v) is 9.10. The van der Waals surface area contributed by atoms with E-state index >= 15 is 0 Å². The van der Waals surface area contributed by atoms with E-state index in [-0.39, 0.29) is 11.9 Å². The van der Waals surface area contributed by atoms with Crippen LogP contribution in [0.1, 0.15) is 23.3 Å². The molecule has 1 aliphatic rings. The molecule has 7 nitrogen and oxygen atoms in total. The molecule has 25 heavy (non-hydrogen) atoms. The zero-order chi connectivity index (χ0) is 17.1. The molecule has 1 N–H and O–H groups in total. The molecule has 0 bridgehead atoms. The van der Waals surface area contributed by atoms with E-state index in [0.717, 1.165) is 36.8 Å². The van der Waals surface area contributed by atoms with Crippen molar-refractivity contribution in [1.82, 2.24) is 25.3 Å². The van der Waals surface area contributed by atoms with Crippen LogP contribution in [0.5, 0.6) is 0 Å². The summed E-state index contributed by atoms with van der Waals surface area (Å²) in [6, 6.07) is 9.71. The summed E-state index contributed by atoms with van der Waals surface area (Å²) in [5.74, 6) is -0.171. The van der Waals surface area contributed by atoms with Gasteiger partial charge in [-0.3, -0.25) is 4.79 Å². The molecular formula is C17H18N6OS. The first-order valence-electron chi connectivity index (χ1n) is 8.23. The van der Waals surface area contributed by atoms with Gasteiger partial charge >= 0.3 is 0 Å². The number of aromatic nitrogens is 4. The van der Waals surface area contributed by atoms with Crippen LogP contribution in [0.4, 0.5) is 5.13 Å². The number of nitrogens with one attached hydrogen (secondary N) is 1. The van der Waals surface area contributed by atoms with Crippen LogP contribution in [-0.4, -0.2) is 45.0 Å². The third kappa shape index (κ3) is 3.53. The SMILES string of the molecule is O=C(NC1CCN(c2nccs2)CC1)c1cnn(-c2ccccc2)n1. The molecule has 1 aliphatic heterocycles. The van der Waals surface area contributed by atoms with Crippen molar-refractivity contribution in [1.29, 1.82) is 0 Å².